The zero-order valence-electron chi connectivity index (χ0n) is 8.69. The Kier molecular flexibility index (Phi) is 4.44. The molecule has 1 fully saturated rings. The van der Waals surface area contributed by atoms with Crippen LogP contribution in [0.1, 0.15) is 4.88 Å². The number of halogens is 1. The van der Waals surface area contributed by atoms with Crippen LogP contribution in [0.15, 0.2) is 17.5 Å². The van der Waals surface area contributed by atoms with Crippen molar-refractivity contribution in [1.82, 2.24) is 4.90 Å². The lowest BCUT2D eigenvalue weighted by atomic mass is 10.2. The van der Waals surface area contributed by atoms with E-state index in [1.807, 2.05) is 11.3 Å². The third kappa shape index (κ3) is 3.45. The average Bonchev–Trinajstić information content (AvgIpc) is 2.79. The first-order valence-electron chi connectivity index (χ1n) is 5.31. The third-order valence-electron chi connectivity index (χ3n) is 2.65. The van der Waals surface area contributed by atoms with Crippen molar-refractivity contribution < 1.29 is 4.74 Å². The minimum absolute atomic E-state index is 0.226. The summed E-state index contributed by atoms with van der Waals surface area (Å²) in [6.07, 6.45) is 1.37. The normalized spacial score (nSPS) is 23.1. The minimum atomic E-state index is 0.226. The number of morpholine rings is 1. The van der Waals surface area contributed by atoms with E-state index in [-0.39, 0.29) is 6.10 Å². The van der Waals surface area contributed by atoms with E-state index in [9.17, 15) is 0 Å². The van der Waals surface area contributed by atoms with Crippen LogP contribution in [0.25, 0.3) is 0 Å². The van der Waals surface area contributed by atoms with E-state index < -0.39 is 0 Å². The molecular formula is C11H16ClNOS. The molecule has 2 rings (SSSR count). The highest BCUT2D eigenvalue weighted by molar-refractivity contribution is 7.09. The molecule has 15 heavy (non-hydrogen) atoms. The smallest absolute Gasteiger partial charge is 0.0837 e. The fraction of sp³-hybridized carbons (Fsp3) is 0.636. The molecule has 1 aromatic heterocycles. The van der Waals surface area contributed by atoms with Gasteiger partial charge in [0.1, 0.15) is 0 Å². The number of thiophene rings is 1. The number of alkyl halides is 1. The lowest BCUT2D eigenvalue weighted by molar-refractivity contribution is -0.0158. The molecule has 0 amide bonds. The number of rotatable bonds is 4. The highest BCUT2D eigenvalue weighted by atomic mass is 35.5. The van der Waals surface area contributed by atoms with Crippen LogP contribution >= 0.6 is 22.9 Å². The second-order valence-corrected chi connectivity index (χ2v) is 5.12. The van der Waals surface area contributed by atoms with Gasteiger partial charge in [0.15, 0.2) is 0 Å². The van der Waals surface area contributed by atoms with Gasteiger partial charge in [0.05, 0.1) is 12.7 Å². The fourth-order valence-corrected chi connectivity index (χ4v) is 2.68. The molecule has 0 aromatic carbocycles. The van der Waals surface area contributed by atoms with E-state index in [1.54, 1.807) is 0 Å². The molecule has 1 saturated heterocycles. The zero-order valence-corrected chi connectivity index (χ0v) is 10.3. The summed E-state index contributed by atoms with van der Waals surface area (Å²) in [5, 5.41) is 2.14. The predicted octanol–water partition coefficient (Wildman–Crippen LogP) is 2.23. The number of hydrogen-bond donors (Lipinski definition) is 0. The highest BCUT2D eigenvalue weighted by Gasteiger charge is 2.18. The van der Waals surface area contributed by atoms with Gasteiger partial charge in [-0.3, -0.25) is 4.90 Å². The molecule has 0 radical (unpaired) electrons. The van der Waals surface area contributed by atoms with Crippen molar-refractivity contribution in [3.8, 4) is 0 Å². The first-order valence-corrected chi connectivity index (χ1v) is 6.72. The number of ether oxygens (including phenoxy) is 1. The molecule has 1 aliphatic heterocycles. The molecule has 4 heteroatoms. The summed E-state index contributed by atoms with van der Waals surface area (Å²) in [5.41, 5.74) is 0. The average molecular weight is 246 g/mol. The monoisotopic (exact) mass is 245 g/mol. The Morgan fingerprint density at radius 2 is 2.53 bits per heavy atom. The van der Waals surface area contributed by atoms with Crippen molar-refractivity contribution in [1.29, 1.82) is 0 Å². The second kappa shape index (κ2) is 5.85. The summed E-state index contributed by atoms with van der Waals surface area (Å²) in [6.45, 7) is 3.97. The van der Waals surface area contributed by atoms with E-state index in [4.69, 9.17) is 16.3 Å². The van der Waals surface area contributed by atoms with Crippen LogP contribution in [0.2, 0.25) is 0 Å². The predicted molar refractivity (Wildman–Crippen MR) is 64.9 cm³/mol. The van der Waals surface area contributed by atoms with Crippen molar-refractivity contribution in [2.45, 2.75) is 12.5 Å². The van der Waals surface area contributed by atoms with Crippen molar-refractivity contribution >= 4 is 22.9 Å². The molecule has 2 nitrogen and oxygen atoms in total. The Hall–Kier alpha value is -0.0900. The lowest BCUT2D eigenvalue weighted by Gasteiger charge is -2.31. The standard InChI is InChI=1S/C11H16ClNOS/c12-8-10-9-13(5-6-14-10)4-3-11-2-1-7-15-11/h1-2,7,10H,3-6,8-9H2. The van der Waals surface area contributed by atoms with E-state index in [2.05, 4.69) is 22.4 Å². The SMILES string of the molecule is ClCC1CN(CCc2cccs2)CCO1. The van der Waals surface area contributed by atoms with Crippen LogP contribution < -0.4 is 0 Å². The maximum absolute atomic E-state index is 5.80. The summed E-state index contributed by atoms with van der Waals surface area (Å²) < 4.78 is 5.52. The van der Waals surface area contributed by atoms with Gasteiger partial charge >= 0.3 is 0 Å². The van der Waals surface area contributed by atoms with Gasteiger partial charge in [-0.15, -0.1) is 22.9 Å². The quantitative estimate of drug-likeness (QED) is 0.755. The maximum atomic E-state index is 5.80. The van der Waals surface area contributed by atoms with Gasteiger partial charge in [-0.2, -0.15) is 0 Å². The van der Waals surface area contributed by atoms with Crippen LogP contribution in [0.4, 0.5) is 0 Å². The van der Waals surface area contributed by atoms with Gasteiger partial charge in [-0.25, -0.2) is 0 Å². The third-order valence-corrected chi connectivity index (χ3v) is 3.93. The van der Waals surface area contributed by atoms with E-state index >= 15 is 0 Å². The molecule has 84 valence electrons. The molecule has 1 unspecified atom stereocenters. The molecule has 0 N–H and O–H groups in total. The first kappa shape index (κ1) is 11.4. The molecule has 2 heterocycles. The molecule has 1 aromatic rings. The molecule has 1 aliphatic rings. The molecule has 0 aliphatic carbocycles. The Labute approximate surface area is 99.8 Å². The summed E-state index contributed by atoms with van der Waals surface area (Å²) >= 11 is 7.63. The minimum Gasteiger partial charge on any atom is -0.374 e. The van der Waals surface area contributed by atoms with Crippen molar-refractivity contribution in [3.05, 3.63) is 22.4 Å². The van der Waals surface area contributed by atoms with Crippen LogP contribution in [-0.2, 0) is 11.2 Å². The fourth-order valence-electron chi connectivity index (χ4n) is 1.80. The summed E-state index contributed by atoms with van der Waals surface area (Å²) in [6, 6.07) is 4.31. The maximum Gasteiger partial charge on any atom is 0.0837 e. The van der Waals surface area contributed by atoms with Crippen LogP contribution in [0.5, 0.6) is 0 Å². The van der Waals surface area contributed by atoms with Gasteiger partial charge in [0.2, 0.25) is 0 Å². The Morgan fingerprint density at radius 1 is 1.60 bits per heavy atom. The second-order valence-electron chi connectivity index (χ2n) is 3.78. The van der Waals surface area contributed by atoms with Crippen molar-refractivity contribution in [3.63, 3.8) is 0 Å². The van der Waals surface area contributed by atoms with Crippen LogP contribution in [-0.4, -0.2) is 43.1 Å². The molecule has 1 atom stereocenters. The number of nitrogens with zero attached hydrogens (tertiary/aromatic N) is 1. The van der Waals surface area contributed by atoms with Crippen molar-refractivity contribution in [2.24, 2.45) is 0 Å². The molecular weight excluding hydrogens is 230 g/mol. The topological polar surface area (TPSA) is 12.5 Å². The van der Waals surface area contributed by atoms with Gasteiger partial charge in [-0.05, 0) is 17.9 Å². The Balaban J connectivity index is 1.74. The van der Waals surface area contributed by atoms with E-state index in [0.29, 0.717) is 5.88 Å². The molecule has 0 spiro atoms. The largest absolute Gasteiger partial charge is 0.374 e. The van der Waals surface area contributed by atoms with Crippen molar-refractivity contribution in [2.75, 3.05) is 32.1 Å². The summed E-state index contributed by atoms with van der Waals surface area (Å²) in [4.78, 5) is 3.90. The van der Waals surface area contributed by atoms with Gasteiger partial charge in [-0.1, -0.05) is 6.07 Å². The first-order chi connectivity index (χ1) is 7.38. The summed E-state index contributed by atoms with van der Waals surface area (Å²) in [7, 11) is 0. The lowest BCUT2D eigenvalue weighted by Crippen LogP contribution is -2.43. The zero-order chi connectivity index (χ0) is 10.5. The molecule has 0 saturated carbocycles. The van der Waals surface area contributed by atoms with E-state index in [1.165, 1.54) is 4.88 Å². The van der Waals surface area contributed by atoms with Crippen LogP contribution in [0, 0.1) is 0 Å². The Morgan fingerprint density at radius 3 is 3.27 bits per heavy atom. The summed E-state index contributed by atoms with van der Waals surface area (Å²) in [5.74, 6) is 0.607. The van der Waals surface area contributed by atoms with Gasteiger partial charge in [0.25, 0.3) is 0 Å². The number of hydrogen-bond acceptors (Lipinski definition) is 3. The van der Waals surface area contributed by atoms with E-state index in [0.717, 1.165) is 32.7 Å². The van der Waals surface area contributed by atoms with Gasteiger partial charge < -0.3 is 4.74 Å². The van der Waals surface area contributed by atoms with Gasteiger partial charge in [0, 0.05) is 30.4 Å². The van der Waals surface area contributed by atoms with Crippen LogP contribution in [0.3, 0.4) is 0 Å². The highest BCUT2D eigenvalue weighted by Crippen LogP contribution is 2.12. The molecule has 0 bridgehead atoms. The Bertz CT molecular complexity index is 278.